The third-order valence-corrected chi connectivity index (χ3v) is 7.31. The second-order valence-corrected chi connectivity index (χ2v) is 9.91. The van der Waals surface area contributed by atoms with Crippen molar-refractivity contribution in [1.82, 2.24) is 19.7 Å². The molecule has 10 heteroatoms. The highest BCUT2D eigenvalue weighted by Gasteiger charge is 2.27. The molecule has 0 amide bonds. The fraction of sp³-hybridized carbons (Fsp3) is 0.207. The Kier molecular flexibility index (Phi) is 6.04. The zero-order valence-corrected chi connectivity index (χ0v) is 21.9. The minimum Gasteiger partial charge on any atom is -0.490 e. The zero-order valence-electron chi connectivity index (χ0n) is 21.1. The molecule has 1 aliphatic carbocycles. The van der Waals surface area contributed by atoms with Crippen molar-refractivity contribution in [2.75, 3.05) is 0 Å². The van der Waals surface area contributed by atoms with Gasteiger partial charge in [0.1, 0.15) is 23.2 Å². The van der Waals surface area contributed by atoms with Gasteiger partial charge in [0.25, 0.3) is 0 Å². The number of rotatable bonds is 6. The number of carboxylic acids is 1. The molecule has 0 bridgehead atoms. The van der Waals surface area contributed by atoms with E-state index >= 15 is 0 Å². The van der Waals surface area contributed by atoms with Crippen LogP contribution >= 0.6 is 11.6 Å². The smallest absolute Gasteiger partial charge is 0.335 e. The largest absolute Gasteiger partial charge is 0.490 e. The summed E-state index contributed by atoms with van der Waals surface area (Å²) in [4.78, 5) is 21.1. The molecule has 0 atom stereocenters. The van der Waals surface area contributed by atoms with E-state index < -0.39 is 5.97 Å². The Morgan fingerprint density at radius 3 is 2.72 bits per heavy atom. The van der Waals surface area contributed by atoms with E-state index in [9.17, 15) is 15.2 Å². The molecule has 4 heterocycles. The second kappa shape index (κ2) is 9.57. The average molecular weight is 540 g/mol. The molecule has 0 saturated heterocycles. The molecule has 1 aromatic carbocycles. The molecule has 9 nitrogen and oxygen atoms in total. The fourth-order valence-corrected chi connectivity index (χ4v) is 5.22. The lowest BCUT2D eigenvalue weighted by Gasteiger charge is -2.28. The highest BCUT2D eigenvalue weighted by atomic mass is 35.5. The zero-order chi connectivity index (χ0) is 27.3. The number of hydrogen-bond donors (Lipinski definition) is 1. The van der Waals surface area contributed by atoms with Crippen molar-refractivity contribution in [3.05, 3.63) is 76.5 Å². The van der Waals surface area contributed by atoms with E-state index in [2.05, 4.69) is 16.2 Å². The van der Waals surface area contributed by atoms with Gasteiger partial charge in [-0.05, 0) is 63.4 Å². The number of fused-ring (bicyclic) bond motifs is 1. The summed E-state index contributed by atoms with van der Waals surface area (Å²) in [5.74, 6) is 0.351. The first-order valence-corrected chi connectivity index (χ1v) is 12.8. The fourth-order valence-electron chi connectivity index (χ4n) is 4.90. The van der Waals surface area contributed by atoms with Gasteiger partial charge in [-0.1, -0.05) is 16.8 Å². The number of nitriles is 1. The number of carboxylic acid groups (broad SMARTS) is 1. The first kappa shape index (κ1) is 24.6. The van der Waals surface area contributed by atoms with Crippen LogP contribution in [0.5, 0.6) is 5.75 Å². The van der Waals surface area contributed by atoms with Gasteiger partial charge >= 0.3 is 5.97 Å². The van der Waals surface area contributed by atoms with E-state index in [0.717, 1.165) is 36.1 Å². The minimum absolute atomic E-state index is 0.0193. The predicted molar refractivity (Wildman–Crippen MR) is 144 cm³/mol. The van der Waals surface area contributed by atoms with Crippen LogP contribution in [-0.4, -0.2) is 36.9 Å². The van der Waals surface area contributed by atoms with Crippen LogP contribution in [0.15, 0.2) is 53.4 Å². The lowest BCUT2D eigenvalue weighted by molar-refractivity contribution is 0.0695. The number of aryl methyl sites for hydroxylation is 2. The molecule has 1 aliphatic rings. The van der Waals surface area contributed by atoms with Crippen molar-refractivity contribution in [1.29, 1.82) is 5.26 Å². The van der Waals surface area contributed by atoms with Gasteiger partial charge in [0.05, 0.1) is 27.9 Å². The van der Waals surface area contributed by atoms with Gasteiger partial charge in [-0.25, -0.2) is 14.8 Å². The van der Waals surface area contributed by atoms with Gasteiger partial charge < -0.3 is 14.4 Å². The molecular weight excluding hydrogens is 518 g/mol. The predicted octanol–water partition coefficient (Wildman–Crippen LogP) is 6.51. The van der Waals surface area contributed by atoms with E-state index in [0.29, 0.717) is 45.1 Å². The van der Waals surface area contributed by atoms with Crippen molar-refractivity contribution in [3.8, 4) is 39.9 Å². The molecule has 4 aromatic heterocycles. The van der Waals surface area contributed by atoms with Crippen LogP contribution in [-0.2, 0) is 0 Å². The summed E-state index contributed by atoms with van der Waals surface area (Å²) >= 11 is 6.80. The maximum atomic E-state index is 11.9. The lowest BCUT2D eigenvalue weighted by atomic mass is 9.95. The number of hydrogen-bond acceptors (Lipinski definition) is 7. The van der Waals surface area contributed by atoms with Crippen molar-refractivity contribution in [3.63, 3.8) is 0 Å². The van der Waals surface area contributed by atoms with Crippen LogP contribution in [0.2, 0.25) is 5.02 Å². The lowest BCUT2D eigenvalue weighted by Crippen LogP contribution is -2.25. The van der Waals surface area contributed by atoms with Crippen LogP contribution < -0.4 is 4.74 Å². The Morgan fingerprint density at radius 1 is 1.23 bits per heavy atom. The summed E-state index contributed by atoms with van der Waals surface area (Å²) in [6.45, 7) is 3.70. The third-order valence-electron chi connectivity index (χ3n) is 7.02. The Labute approximate surface area is 228 Å². The van der Waals surface area contributed by atoms with Gasteiger partial charge in [-0.15, -0.1) is 0 Å². The van der Waals surface area contributed by atoms with E-state index in [1.54, 1.807) is 29.1 Å². The highest BCUT2D eigenvalue weighted by Crippen LogP contribution is 2.44. The average Bonchev–Trinajstić information content (AvgIpc) is 3.44. The van der Waals surface area contributed by atoms with Gasteiger partial charge in [0, 0.05) is 46.2 Å². The third kappa shape index (κ3) is 4.19. The van der Waals surface area contributed by atoms with Crippen LogP contribution in [0.1, 0.15) is 46.6 Å². The number of halogens is 1. The quantitative estimate of drug-likeness (QED) is 0.258. The van der Waals surface area contributed by atoms with E-state index in [1.165, 1.54) is 12.1 Å². The number of pyridine rings is 2. The van der Waals surface area contributed by atoms with Crippen molar-refractivity contribution >= 4 is 28.6 Å². The Hall–Kier alpha value is -4.68. The van der Waals surface area contributed by atoms with Crippen LogP contribution in [0, 0.1) is 25.2 Å². The second-order valence-electron chi connectivity index (χ2n) is 9.50. The molecule has 194 valence electrons. The molecule has 0 aliphatic heterocycles. The maximum Gasteiger partial charge on any atom is 0.335 e. The summed E-state index contributed by atoms with van der Waals surface area (Å²) in [5.41, 5.74) is 4.51. The topological polar surface area (TPSA) is 127 Å². The monoisotopic (exact) mass is 539 g/mol. The van der Waals surface area contributed by atoms with E-state index in [-0.39, 0.29) is 16.7 Å². The molecule has 0 spiro atoms. The summed E-state index contributed by atoms with van der Waals surface area (Å²) < 4.78 is 13.4. The van der Waals surface area contributed by atoms with Gasteiger partial charge in [0.15, 0.2) is 5.82 Å². The van der Waals surface area contributed by atoms with Gasteiger partial charge in [0.2, 0.25) is 0 Å². The number of ether oxygens (including phenoxy) is 1. The Bertz CT molecular complexity index is 1790. The molecule has 1 fully saturated rings. The number of aromatic carboxylic acids is 1. The summed E-state index contributed by atoms with van der Waals surface area (Å²) in [6, 6.07) is 10.5. The SMILES string of the molecule is Cc1noc(C)c1-c1cnc2c(c1)c(-c1c(Cl)cc(C(=O)O)cc1OC1CCC1)cn2-c1ncccc1C#N. The normalized spacial score (nSPS) is 13.3. The summed E-state index contributed by atoms with van der Waals surface area (Å²) in [7, 11) is 0. The molecule has 39 heavy (non-hydrogen) atoms. The van der Waals surface area contributed by atoms with E-state index in [1.807, 2.05) is 26.1 Å². The molecule has 0 unspecified atom stereocenters. The van der Waals surface area contributed by atoms with Crippen molar-refractivity contribution in [2.24, 2.45) is 0 Å². The molecule has 5 aromatic rings. The van der Waals surface area contributed by atoms with E-state index in [4.69, 9.17) is 25.8 Å². The number of aromatic nitrogens is 4. The van der Waals surface area contributed by atoms with Gasteiger partial charge in [-0.3, -0.25) is 4.57 Å². The number of nitrogens with zero attached hydrogens (tertiary/aromatic N) is 5. The summed E-state index contributed by atoms with van der Waals surface area (Å²) in [5, 5.41) is 24.5. The van der Waals surface area contributed by atoms with Crippen molar-refractivity contribution < 1.29 is 19.2 Å². The molecular formula is C29H22ClN5O4. The minimum atomic E-state index is -1.10. The number of carbonyl (C=O) groups is 1. The maximum absolute atomic E-state index is 11.9. The first-order valence-electron chi connectivity index (χ1n) is 12.4. The van der Waals surface area contributed by atoms with Crippen molar-refractivity contribution in [2.45, 2.75) is 39.2 Å². The summed E-state index contributed by atoms with van der Waals surface area (Å²) in [6.07, 6.45) is 7.94. The highest BCUT2D eigenvalue weighted by molar-refractivity contribution is 6.34. The van der Waals surface area contributed by atoms with Gasteiger partial charge in [-0.2, -0.15) is 5.26 Å². The molecule has 0 radical (unpaired) electrons. The van der Waals surface area contributed by atoms with Crippen LogP contribution in [0.3, 0.4) is 0 Å². The number of benzene rings is 1. The molecule has 1 N–H and O–H groups in total. The van der Waals surface area contributed by atoms with Crippen LogP contribution in [0.4, 0.5) is 0 Å². The molecule has 1 saturated carbocycles. The first-order chi connectivity index (χ1) is 18.9. The standard InChI is InChI=1S/C29H22ClN5O4/c1-15-25(16(2)39-34-15)19-9-21-22(14-35(28(21)33-13-19)27-17(12-31)5-4-8-32-27)26-23(30)10-18(29(36)37)11-24(26)38-20-6-3-7-20/h4-5,8-11,13-14,20H,3,6-7H2,1-2H3,(H,36,37). The van der Waals surface area contributed by atoms with Crippen LogP contribution in [0.25, 0.3) is 39.1 Å². The molecule has 6 rings (SSSR count). The Morgan fingerprint density at radius 2 is 2.05 bits per heavy atom. The Balaban J connectivity index is 1.66.